The van der Waals surface area contributed by atoms with Crippen LogP contribution in [0.2, 0.25) is 0 Å². The molecule has 0 unspecified atom stereocenters. The Morgan fingerprint density at radius 3 is 2.19 bits per heavy atom. The molecule has 1 aliphatic rings. The van der Waals surface area contributed by atoms with Gasteiger partial charge < -0.3 is 10.2 Å². The molecule has 8 heteroatoms. The van der Waals surface area contributed by atoms with Gasteiger partial charge in [-0.2, -0.15) is 0 Å². The van der Waals surface area contributed by atoms with Crippen LogP contribution in [0, 0.1) is 0 Å². The zero-order valence-corrected chi connectivity index (χ0v) is 18.4. The van der Waals surface area contributed by atoms with Gasteiger partial charge in [-0.3, -0.25) is 13.9 Å². The van der Waals surface area contributed by atoms with E-state index in [1.165, 1.54) is 11.4 Å². The lowest BCUT2D eigenvalue weighted by Gasteiger charge is -2.19. The van der Waals surface area contributed by atoms with Gasteiger partial charge in [-0.05, 0) is 67.1 Å². The monoisotopic (exact) mass is 449 g/mol. The standard InChI is InChI=1S/C24H23N3O4S/c1-26(32(30,31)22-6-3-2-4-7-22)20-13-9-18(10-14-20)24(29)25-19-11-15-21(16-12-19)27-17-5-8-23(27)28/h2-4,6-7,9-16H,5,8,17H2,1H3,(H,25,29). The molecule has 0 spiro atoms. The van der Waals surface area contributed by atoms with Crippen LogP contribution >= 0.6 is 0 Å². The molecule has 32 heavy (non-hydrogen) atoms. The van der Waals surface area contributed by atoms with Crippen molar-refractivity contribution in [3.05, 3.63) is 84.4 Å². The number of rotatable bonds is 6. The van der Waals surface area contributed by atoms with E-state index in [0.717, 1.165) is 12.1 Å². The average molecular weight is 450 g/mol. The summed E-state index contributed by atoms with van der Waals surface area (Å²) >= 11 is 0. The fraction of sp³-hybridized carbons (Fsp3) is 0.167. The SMILES string of the molecule is CN(c1ccc(C(=O)Nc2ccc(N3CCCC3=O)cc2)cc1)S(=O)(=O)c1ccccc1. The van der Waals surface area contributed by atoms with Gasteiger partial charge in [-0.1, -0.05) is 18.2 Å². The van der Waals surface area contributed by atoms with E-state index in [1.807, 2.05) is 12.1 Å². The lowest BCUT2D eigenvalue weighted by atomic mass is 10.2. The molecule has 0 aliphatic carbocycles. The Balaban J connectivity index is 1.44. The van der Waals surface area contributed by atoms with Gasteiger partial charge >= 0.3 is 0 Å². The number of carbonyl (C=O) groups is 2. The highest BCUT2D eigenvalue weighted by molar-refractivity contribution is 7.92. The van der Waals surface area contributed by atoms with E-state index in [-0.39, 0.29) is 16.7 Å². The van der Waals surface area contributed by atoms with E-state index in [4.69, 9.17) is 0 Å². The summed E-state index contributed by atoms with van der Waals surface area (Å²) < 4.78 is 26.7. The van der Waals surface area contributed by atoms with Crippen molar-refractivity contribution in [3.63, 3.8) is 0 Å². The normalized spacial score (nSPS) is 13.8. The number of hydrogen-bond acceptors (Lipinski definition) is 4. The van der Waals surface area contributed by atoms with E-state index in [9.17, 15) is 18.0 Å². The second-order valence-electron chi connectivity index (χ2n) is 7.48. The van der Waals surface area contributed by atoms with Gasteiger partial charge in [0.1, 0.15) is 0 Å². The van der Waals surface area contributed by atoms with Gasteiger partial charge in [0.05, 0.1) is 10.6 Å². The van der Waals surface area contributed by atoms with Gasteiger partial charge in [0, 0.05) is 37.0 Å². The highest BCUT2D eigenvalue weighted by atomic mass is 32.2. The first-order valence-corrected chi connectivity index (χ1v) is 11.7. The van der Waals surface area contributed by atoms with Crippen molar-refractivity contribution in [2.45, 2.75) is 17.7 Å². The predicted octanol–water partition coefficient (Wildman–Crippen LogP) is 3.89. The third kappa shape index (κ3) is 4.36. The molecule has 4 rings (SSSR count). The maximum Gasteiger partial charge on any atom is 0.264 e. The summed E-state index contributed by atoms with van der Waals surface area (Å²) in [5.41, 5.74) is 2.28. The lowest BCUT2D eigenvalue weighted by Crippen LogP contribution is -2.26. The fourth-order valence-corrected chi connectivity index (χ4v) is 4.78. The van der Waals surface area contributed by atoms with Crippen LogP contribution in [0.1, 0.15) is 23.2 Å². The summed E-state index contributed by atoms with van der Waals surface area (Å²) in [5.74, 6) is -0.198. The number of nitrogens with zero attached hydrogens (tertiary/aromatic N) is 2. The van der Waals surface area contributed by atoms with Crippen molar-refractivity contribution >= 4 is 38.9 Å². The Kier molecular flexibility index (Phi) is 5.96. The molecule has 1 fully saturated rings. The van der Waals surface area contributed by atoms with Crippen molar-refractivity contribution in [2.24, 2.45) is 0 Å². The molecule has 1 saturated heterocycles. The molecule has 0 radical (unpaired) electrons. The van der Waals surface area contributed by atoms with Crippen LogP contribution in [0.3, 0.4) is 0 Å². The van der Waals surface area contributed by atoms with Gasteiger partial charge in [-0.15, -0.1) is 0 Å². The quantitative estimate of drug-likeness (QED) is 0.619. The highest BCUT2D eigenvalue weighted by Gasteiger charge is 2.22. The van der Waals surface area contributed by atoms with Crippen LogP contribution in [0.15, 0.2) is 83.8 Å². The molecule has 2 amide bonds. The Morgan fingerprint density at radius 1 is 0.938 bits per heavy atom. The molecule has 3 aromatic rings. The molecule has 1 N–H and O–H groups in total. The number of hydrogen-bond donors (Lipinski definition) is 1. The molecule has 3 aromatic carbocycles. The topological polar surface area (TPSA) is 86.8 Å². The van der Waals surface area contributed by atoms with Crippen LogP contribution in [-0.4, -0.2) is 33.8 Å². The molecular weight excluding hydrogens is 426 g/mol. The van der Waals surface area contributed by atoms with E-state index >= 15 is 0 Å². The van der Waals surface area contributed by atoms with E-state index in [0.29, 0.717) is 29.9 Å². The van der Waals surface area contributed by atoms with Crippen LogP contribution in [0.25, 0.3) is 0 Å². The van der Waals surface area contributed by atoms with Crippen LogP contribution in [-0.2, 0) is 14.8 Å². The first kappa shape index (κ1) is 21.6. The molecule has 0 saturated carbocycles. The zero-order valence-electron chi connectivity index (χ0n) is 17.6. The summed E-state index contributed by atoms with van der Waals surface area (Å²) in [6.45, 7) is 0.714. The maximum absolute atomic E-state index is 12.8. The predicted molar refractivity (Wildman–Crippen MR) is 124 cm³/mol. The number of amides is 2. The summed E-state index contributed by atoms with van der Waals surface area (Å²) in [7, 11) is -2.21. The lowest BCUT2D eigenvalue weighted by molar-refractivity contribution is -0.117. The number of nitrogens with one attached hydrogen (secondary N) is 1. The van der Waals surface area contributed by atoms with Crippen molar-refractivity contribution in [2.75, 3.05) is 28.1 Å². The molecule has 164 valence electrons. The summed E-state index contributed by atoms with van der Waals surface area (Å²) in [5, 5.41) is 2.82. The minimum atomic E-state index is -3.68. The van der Waals surface area contributed by atoms with Crippen molar-refractivity contribution in [3.8, 4) is 0 Å². The van der Waals surface area contributed by atoms with Crippen molar-refractivity contribution in [1.82, 2.24) is 0 Å². The van der Waals surface area contributed by atoms with Crippen molar-refractivity contribution < 1.29 is 18.0 Å². The highest BCUT2D eigenvalue weighted by Crippen LogP contribution is 2.24. The van der Waals surface area contributed by atoms with Gasteiger partial charge in [0.15, 0.2) is 0 Å². The molecule has 7 nitrogen and oxygen atoms in total. The van der Waals surface area contributed by atoms with Crippen LogP contribution in [0.4, 0.5) is 17.1 Å². The number of benzene rings is 3. The molecule has 0 atom stereocenters. The largest absolute Gasteiger partial charge is 0.322 e. The second kappa shape index (κ2) is 8.84. The van der Waals surface area contributed by atoms with Gasteiger partial charge in [0.2, 0.25) is 5.91 Å². The van der Waals surface area contributed by atoms with Crippen molar-refractivity contribution in [1.29, 1.82) is 0 Å². The van der Waals surface area contributed by atoms with E-state index in [2.05, 4.69) is 5.32 Å². The van der Waals surface area contributed by atoms with Gasteiger partial charge in [0.25, 0.3) is 15.9 Å². The Bertz CT molecular complexity index is 1220. The van der Waals surface area contributed by atoms with E-state index < -0.39 is 10.0 Å². The molecular formula is C24H23N3O4S. The number of anilines is 3. The summed E-state index contributed by atoms with van der Waals surface area (Å²) in [4.78, 5) is 26.4. The molecule has 0 aromatic heterocycles. The Hall–Kier alpha value is -3.65. The van der Waals surface area contributed by atoms with Crippen LogP contribution in [0.5, 0.6) is 0 Å². The first-order chi connectivity index (χ1) is 15.4. The number of sulfonamides is 1. The first-order valence-electron chi connectivity index (χ1n) is 10.2. The smallest absolute Gasteiger partial charge is 0.264 e. The van der Waals surface area contributed by atoms with Gasteiger partial charge in [-0.25, -0.2) is 8.42 Å². The molecule has 1 aliphatic heterocycles. The summed E-state index contributed by atoms with van der Waals surface area (Å²) in [6, 6.07) is 21.7. The minimum absolute atomic E-state index is 0.112. The van der Waals surface area contributed by atoms with Crippen LogP contribution < -0.4 is 14.5 Å². The summed E-state index contributed by atoms with van der Waals surface area (Å²) in [6.07, 6.45) is 1.42. The van der Waals surface area contributed by atoms with E-state index in [1.54, 1.807) is 71.6 Å². The molecule has 0 bridgehead atoms. The maximum atomic E-state index is 12.8. The zero-order chi connectivity index (χ0) is 22.7. The fourth-order valence-electron chi connectivity index (χ4n) is 3.56. The third-order valence-electron chi connectivity index (χ3n) is 5.40. The number of carbonyl (C=O) groups excluding carboxylic acids is 2. The minimum Gasteiger partial charge on any atom is -0.322 e. The third-order valence-corrected chi connectivity index (χ3v) is 7.20. The average Bonchev–Trinajstić information content (AvgIpc) is 3.25. The Labute approximate surface area is 187 Å². The second-order valence-corrected chi connectivity index (χ2v) is 9.45. The molecule has 1 heterocycles. The Morgan fingerprint density at radius 2 is 1.59 bits per heavy atom.